The molecule has 1 amide bonds. The molecule has 0 atom stereocenters. The highest BCUT2D eigenvalue weighted by Gasteiger charge is 2.11. The maximum Gasteiger partial charge on any atom is 0.227 e. The Hall–Kier alpha value is -4.20. The second-order valence-electron chi connectivity index (χ2n) is 6.60. The van der Waals surface area contributed by atoms with Crippen LogP contribution < -0.4 is 14.8 Å². The van der Waals surface area contributed by atoms with Crippen molar-refractivity contribution < 1.29 is 18.8 Å². The predicted octanol–water partition coefficient (Wildman–Crippen LogP) is 4.50. The lowest BCUT2D eigenvalue weighted by Crippen LogP contribution is -2.12. The molecule has 4 aromatic rings. The lowest BCUT2D eigenvalue weighted by atomic mass is 10.2. The fourth-order valence-electron chi connectivity index (χ4n) is 2.81. The van der Waals surface area contributed by atoms with Crippen molar-refractivity contribution in [3.63, 3.8) is 0 Å². The van der Waals surface area contributed by atoms with Crippen LogP contribution in [0, 0.1) is 0 Å². The minimum Gasteiger partial charge on any atom is -0.497 e. The number of aromatic nitrogens is 3. The van der Waals surface area contributed by atoms with Crippen LogP contribution in [0.3, 0.4) is 0 Å². The number of pyridine rings is 1. The average molecular weight is 416 g/mol. The van der Waals surface area contributed by atoms with Gasteiger partial charge in [0.15, 0.2) is 0 Å². The van der Waals surface area contributed by atoms with Gasteiger partial charge < -0.3 is 19.3 Å². The number of methoxy groups -OCH3 is 1. The van der Waals surface area contributed by atoms with E-state index in [9.17, 15) is 4.79 Å². The molecule has 0 radical (unpaired) electrons. The molecule has 0 bridgehead atoms. The molecule has 2 heterocycles. The molecule has 8 heteroatoms. The molecule has 0 fully saturated rings. The van der Waals surface area contributed by atoms with Crippen LogP contribution in [0.1, 0.15) is 12.3 Å². The van der Waals surface area contributed by atoms with E-state index in [2.05, 4.69) is 20.4 Å². The molecule has 2 aromatic heterocycles. The largest absolute Gasteiger partial charge is 0.497 e. The van der Waals surface area contributed by atoms with Gasteiger partial charge in [-0.15, -0.1) is 0 Å². The highest BCUT2D eigenvalue weighted by atomic mass is 16.5. The third kappa shape index (κ3) is 5.45. The maximum absolute atomic E-state index is 12.3. The maximum atomic E-state index is 12.3. The summed E-state index contributed by atoms with van der Waals surface area (Å²) in [5, 5.41) is 6.82. The second-order valence-corrected chi connectivity index (χ2v) is 6.60. The molecule has 2 aromatic carbocycles. The van der Waals surface area contributed by atoms with Gasteiger partial charge in [-0.25, -0.2) is 0 Å². The predicted molar refractivity (Wildman–Crippen MR) is 114 cm³/mol. The molecule has 0 saturated heterocycles. The smallest absolute Gasteiger partial charge is 0.227 e. The Morgan fingerprint density at radius 2 is 1.61 bits per heavy atom. The van der Waals surface area contributed by atoms with Crippen molar-refractivity contribution in [2.24, 2.45) is 0 Å². The van der Waals surface area contributed by atoms with Crippen LogP contribution in [0.2, 0.25) is 0 Å². The highest BCUT2D eigenvalue weighted by Crippen LogP contribution is 2.23. The van der Waals surface area contributed by atoms with Gasteiger partial charge in [-0.1, -0.05) is 5.16 Å². The number of hydrogen-bond donors (Lipinski definition) is 1. The van der Waals surface area contributed by atoms with Gasteiger partial charge in [0.05, 0.1) is 7.11 Å². The summed E-state index contributed by atoms with van der Waals surface area (Å²) < 4.78 is 16.1. The molecule has 0 aliphatic carbocycles. The van der Waals surface area contributed by atoms with Crippen LogP contribution in [-0.4, -0.2) is 28.1 Å². The minimum atomic E-state index is -0.146. The van der Waals surface area contributed by atoms with Crippen molar-refractivity contribution in [1.29, 1.82) is 0 Å². The SMILES string of the molecule is COc1ccc(-c2noc(CCC(=O)Nc3ccc(Oc4ccncc4)cc3)n2)cc1. The Labute approximate surface area is 178 Å². The van der Waals surface area contributed by atoms with E-state index in [-0.39, 0.29) is 12.3 Å². The van der Waals surface area contributed by atoms with Crippen molar-refractivity contribution in [2.45, 2.75) is 12.8 Å². The number of carbonyl (C=O) groups is 1. The third-order valence-corrected chi connectivity index (χ3v) is 4.41. The van der Waals surface area contributed by atoms with Gasteiger partial charge in [0, 0.05) is 36.5 Å². The minimum absolute atomic E-state index is 0.146. The molecule has 0 unspecified atom stereocenters. The number of nitrogens with zero attached hydrogens (tertiary/aromatic N) is 3. The first-order valence-electron chi connectivity index (χ1n) is 9.64. The third-order valence-electron chi connectivity index (χ3n) is 4.41. The van der Waals surface area contributed by atoms with E-state index in [1.165, 1.54) is 0 Å². The number of anilines is 1. The zero-order valence-electron chi connectivity index (χ0n) is 16.8. The summed E-state index contributed by atoms with van der Waals surface area (Å²) in [6, 6.07) is 18.0. The standard InChI is InChI=1S/C23H20N4O4/c1-29-18-6-2-16(3-7-18)23-26-22(31-27-23)11-10-21(28)25-17-4-8-19(9-5-17)30-20-12-14-24-15-13-20/h2-9,12-15H,10-11H2,1H3,(H,25,28). The van der Waals surface area contributed by atoms with Gasteiger partial charge in [-0.2, -0.15) is 4.98 Å². The van der Waals surface area contributed by atoms with E-state index in [1.54, 1.807) is 55.9 Å². The van der Waals surface area contributed by atoms with Crippen LogP contribution in [0.15, 0.2) is 77.6 Å². The van der Waals surface area contributed by atoms with Crippen LogP contribution in [-0.2, 0) is 11.2 Å². The van der Waals surface area contributed by atoms with Crippen molar-refractivity contribution >= 4 is 11.6 Å². The van der Waals surface area contributed by atoms with Crippen LogP contribution in [0.5, 0.6) is 17.2 Å². The molecule has 0 aliphatic heterocycles. The molecular formula is C23H20N4O4. The van der Waals surface area contributed by atoms with E-state index in [4.69, 9.17) is 14.0 Å². The summed E-state index contributed by atoms with van der Waals surface area (Å²) in [7, 11) is 1.61. The number of amides is 1. The van der Waals surface area contributed by atoms with Crippen molar-refractivity contribution in [3.05, 3.63) is 78.9 Å². The topological polar surface area (TPSA) is 99.4 Å². The Kier molecular flexibility index (Phi) is 6.18. The average Bonchev–Trinajstić information content (AvgIpc) is 3.29. The van der Waals surface area contributed by atoms with Gasteiger partial charge in [0.2, 0.25) is 17.6 Å². The number of benzene rings is 2. The molecule has 31 heavy (non-hydrogen) atoms. The van der Waals surface area contributed by atoms with Gasteiger partial charge >= 0.3 is 0 Å². The summed E-state index contributed by atoms with van der Waals surface area (Å²) in [4.78, 5) is 20.6. The fraction of sp³-hybridized carbons (Fsp3) is 0.130. The monoisotopic (exact) mass is 416 g/mol. The number of carbonyl (C=O) groups excluding carboxylic acids is 1. The highest BCUT2D eigenvalue weighted by molar-refractivity contribution is 5.90. The second kappa shape index (κ2) is 9.53. The fourth-order valence-corrected chi connectivity index (χ4v) is 2.81. The van der Waals surface area contributed by atoms with Crippen LogP contribution in [0.25, 0.3) is 11.4 Å². The van der Waals surface area contributed by atoms with E-state index in [0.717, 1.165) is 11.3 Å². The number of rotatable bonds is 8. The van der Waals surface area contributed by atoms with Gasteiger partial charge in [-0.05, 0) is 60.7 Å². The first-order valence-corrected chi connectivity index (χ1v) is 9.64. The van der Waals surface area contributed by atoms with Gasteiger partial charge in [0.25, 0.3) is 0 Å². The Morgan fingerprint density at radius 1 is 0.935 bits per heavy atom. The molecule has 8 nitrogen and oxygen atoms in total. The molecular weight excluding hydrogens is 396 g/mol. The molecule has 0 aliphatic rings. The van der Waals surface area contributed by atoms with E-state index in [0.29, 0.717) is 35.3 Å². The van der Waals surface area contributed by atoms with Crippen LogP contribution in [0.4, 0.5) is 5.69 Å². The van der Waals surface area contributed by atoms with E-state index in [1.807, 2.05) is 24.3 Å². The van der Waals surface area contributed by atoms with Gasteiger partial charge in [-0.3, -0.25) is 9.78 Å². The lowest BCUT2D eigenvalue weighted by molar-refractivity contribution is -0.116. The summed E-state index contributed by atoms with van der Waals surface area (Å²) in [5.41, 5.74) is 1.49. The first kappa shape index (κ1) is 20.1. The Balaban J connectivity index is 1.28. The number of ether oxygens (including phenoxy) is 2. The Bertz CT molecular complexity index is 1130. The molecule has 4 rings (SSSR count). The van der Waals surface area contributed by atoms with Crippen molar-refractivity contribution in [1.82, 2.24) is 15.1 Å². The van der Waals surface area contributed by atoms with Gasteiger partial charge in [0.1, 0.15) is 17.2 Å². The number of hydrogen-bond acceptors (Lipinski definition) is 7. The number of aryl methyl sites for hydroxylation is 1. The summed E-state index contributed by atoms with van der Waals surface area (Å²) in [5.74, 6) is 2.85. The molecule has 0 saturated carbocycles. The quantitative estimate of drug-likeness (QED) is 0.451. The van der Waals surface area contributed by atoms with Crippen molar-refractivity contribution in [2.75, 3.05) is 12.4 Å². The molecule has 156 valence electrons. The van der Waals surface area contributed by atoms with Crippen LogP contribution >= 0.6 is 0 Å². The summed E-state index contributed by atoms with van der Waals surface area (Å²) >= 11 is 0. The van der Waals surface area contributed by atoms with Crippen molar-refractivity contribution in [3.8, 4) is 28.6 Å². The summed E-state index contributed by atoms with van der Waals surface area (Å²) in [6.07, 6.45) is 3.89. The van der Waals surface area contributed by atoms with E-state index >= 15 is 0 Å². The number of nitrogens with one attached hydrogen (secondary N) is 1. The zero-order chi connectivity index (χ0) is 21.5. The lowest BCUT2D eigenvalue weighted by Gasteiger charge is -2.07. The first-order chi connectivity index (χ1) is 15.2. The molecule has 0 spiro atoms. The van der Waals surface area contributed by atoms with E-state index < -0.39 is 0 Å². The zero-order valence-corrected chi connectivity index (χ0v) is 16.8. The summed E-state index contributed by atoms with van der Waals surface area (Å²) in [6.45, 7) is 0. The Morgan fingerprint density at radius 3 is 2.32 bits per heavy atom. The molecule has 1 N–H and O–H groups in total. The normalized spacial score (nSPS) is 10.5.